The van der Waals surface area contributed by atoms with E-state index in [-0.39, 0.29) is 10.8 Å². The molecule has 0 N–H and O–H groups in total. The van der Waals surface area contributed by atoms with Crippen LogP contribution in [0.2, 0.25) is 0 Å². The van der Waals surface area contributed by atoms with Gasteiger partial charge in [0, 0.05) is 22.6 Å². The van der Waals surface area contributed by atoms with Crippen LogP contribution in [0.3, 0.4) is 0 Å². The molecule has 1 heteroatoms. The van der Waals surface area contributed by atoms with Gasteiger partial charge in [-0.1, -0.05) is 89.2 Å². The first kappa shape index (κ1) is 16.5. The van der Waals surface area contributed by atoms with E-state index in [1.54, 1.807) is 0 Å². The van der Waals surface area contributed by atoms with Gasteiger partial charge in [0.2, 0.25) is 0 Å². The molecule has 0 aliphatic heterocycles. The number of aromatic nitrogens is 1. The number of pyridine rings is 1. The smallest absolute Gasteiger partial charge is 0.0755 e. The zero-order valence-electron chi connectivity index (χ0n) is 16.7. The second-order valence-corrected chi connectivity index (χ2v) is 9.37. The molecule has 5 rings (SSSR count). The van der Waals surface area contributed by atoms with Crippen LogP contribution in [0.1, 0.15) is 51.3 Å². The second-order valence-electron chi connectivity index (χ2n) is 9.37. The van der Waals surface area contributed by atoms with Crippen LogP contribution in [-0.2, 0) is 10.8 Å². The van der Waals surface area contributed by atoms with Crippen molar-refractivity contribution in [1.82, 2.24) is 4.98 Å². The van der Waals surface area contributed by atoms with Crippen LogP contribution in [-0.4, -0.2) is 4.98 Å². The first-order valence-electron chi connectivity index (χ1n) is 9.75. The topological polar surface area (TPSA) is 12.9 Å². The van der Waals surface area contributed by atoms with Gasteiger partial charge in [-0.15, -0.1) is 0 Å². The molecular weight excluding hydrogens is 326 g/mol. The van der Waals surface area contributed by atoms with E-state index in [1.165, 1.54) is 43.8 Å². The fourth-order valence-electron chi connectivity index (χ4n) is 4.71. The Labute approximate surface area is 161 Å². The number of nitrogens with zero attached hydrogens (tertiary/aromatic N) is 1. The van der Waals surface area contributed by atoms with Gasteiger partial charge in [-0.3, -0.25) is 4.98 Å². The largest absolute Gasteiger partial charge is 0.255 e. The number of fused-ring (bicyclic) bond motifs is 4. The summed E-state index contributed by atoms with van der Waals surface area (Å²) in [5, 5.41) is 5.22. The number of hydrogen-bond acceptors (Lipinski definition) is 1. The maximum atomic E-state index is 4.96. The van der Waals surface area contributed by atoms with Crippen molar-refractivity contribution < 1.29 is 0 Å². The minimum atomic E-state index is -0.0911. The molecule has 0 bridgehead atoms. The van der Waals surface area contributed by atoms with Crippen molar-refractivity contribution in [2.24, 2.45) is 0 Å². The number of rotatable bonds is 0. The molecule has 1 aliphatic rings. The first-order chi connectivity index (χ1) is 12.8. The molecule has 4 aromatic rings. The third-order valence-electron chi connectivity index (χ3n) is 6.22. The summed E-state index contributed by atoms with van der Waals surface area (Å²) >= 11 is 0. The molecule has 0 fully saturated rings. The third kappa shape index (κ3) is 2.21. The Hall–Kier alpha value is -2.67. The lowest BCUT2D eigenvalue weighted by Gasteiger charge is -2.35. The Morgan fingerprint density at radius 3 is 2.33 bits per heavy atom. The van der Waals surface area contributed by atoms with E-state index < -0.39 is 0 Å². The lowest BCUT2D eigenvalue weighted by molar-refractivity contribution is 0.590. The molecule has 0 radical (unpaired) electrons. The fraction of sp³-hybridized carbons (Fsp3) is 0.269. The van der Waals surface area contributed by atoms with Crippen molar-refractivity contribution in [2.45, 2.75) is 45.4 Å². The normalized spacial score (nSPS) is 15.1. The lowest BCUT2D eigenvalue weighted by atomic mass is 9.68. The molecule has 1 aliphatic carbocycles. The zero-order valence-corrected chi connectivity index (χ0v) is 16.7. The monoisotopic (exact) mass is 351 g/mol. The predicted octanol–water partition coefficient (Wildman–Crippen LogP) is 6.99. The molecule has 1 heterocycles. The van der Waals surface area contributed by atoms with E-state index in [9.17, 15) is 0 Å². The van der Waals surface area contributed by atoms with Gasteiger partial charge in [-0.2, -0.15) is 0 Å². The highest BCUT2D eigenvalue weighted by molar-refractivity contribution is 6.05. The Balaban J connectivity index is 1.97. The van der Waals surface area contributed by atoms with E-state index in [2.05, 4.69) is 89.2 Å². The first-order valence-corrected chi connectivity index (χ1v) is 9.75. The van der Waals surface area contributed by atoms with Crippen LogP contribution in [0.5, 0.6) is 0 Å². The van der Waals surface area contributed by atoms with Gasteiger partial charge in [-0.25, -0.2) is 0 Å². The molecule has 0 atom stereocenters. The summed E-state index contributed by atoms with van der Waals surface area (Å²) in [6.07, 6.45) is 2.05. The van der Waals surface area contributed by atoms with Crippen LogP contribution in [0, 0.1) is 0 Å². The molecule has 134 valence electrons. The van der Waals surface area contributed by atoms with Gasteiger partial charge in [0.15, 0.2) is 0 Å². The van der Waals surface area contributed by atoms with Crippen molar-refractivity contribution in [3.8, 4) is 11.3 Å². The van der Waals surface area contributed by atoms with Gasteiger partial charge in [0.1, 0.15) is 0 Å². The minimum absolute atomic E-state index is 0.0911. The molecule has 0 unspecified atom stereocenters. The molecule has 0 saturated carbocycles. The van der Waals surface area contributed by atoms with Crippen LogP contribution < -0.4 is 0 Å². The third-order valence-corrected chi connectivity index (χ3v) is 6.22. The molecule has 27 heavy (non-hydrogen) atoms. The summed E-state index contributed by atoms with van der Waals surface area (Å²) < 4.78 is 0. The Morgan fingerprint density at radius 2 is 1.59 bits per heavy atom. The van der Waals surface area contributed by atoms with Crippen molar-refractivity contribution in [3.63, 3.8) is 0 Å². The summed E-state index contributed by atoms with van der Waals surface area (Å²) in [5.74, 6) is 0. The summed E-state index contributed by atoms with van der Waals surface area (Å²) in [5.41, 5.74) is 6.57. The Morgan fingerprint density at radius 1 is 0.852 bits per heavy atom. The Kier molecular flexibility index (Phi) is 3.17. The molecule has 0 amide bonds. The average Bonchev–Trinajstić information content (AvgIpc) is 2.64. The van der Waals surface area contributed by atoms with Gasteiger partial charge in [-0.05, 0) is 38.3 Å². The molecule has 0 spiro atoms. The number of hydrogen-bond donors (Lipinski definition) is 0. The summed E-state index contributed by atoms with van der Waals surface area (Å²) in [7, 11) is 0. The minimum Gasteiger partial charge on any atom is -0.255 e. The Bertz CT molecular complexity index is 1220. The molecule has 3 aromatic carbocycles. The van der Waals surface area contributed by atoms with Gasteiger partial charge in [0.05, 0.1) is 5.69 Å². The van der Waals surface area contributed by atoms with Gasteiger partial charge >= 0.3 is 0 Å². The maximum absolute atomic E-state index is 4.96. The second kappa shape index (κ2) is 5.19. The van der Waals surface area contributed by atoms with E-state index in [0.717, 1.165) is 5.69 Å². The van der Waals surface area contributed by atoms with Crippen LogP contribution in [0.15, 0.2) is 60.8 Å². The van der Waals surface area contributed by atoms with Crippen LogP contribution in [0.25, 0.3) is 32.8 Å². The van der Waals surface area contributed by atoms with Crippen LogP contribution >= 0.6 is 0 Å². The molecule has 1 nitrogen and oxygen atoms in total. The van der Waals surface area contributed by atoms with E-state index in [4.69, 9.17) is 4.98 Å². The lowest BCUT2D eigenvalue weighted by Crippen LogP contribution is -2.25. The van der Waals surface area contributed by atoms with Crippen molar-refractivity contribution in [3.05, 3.63) is 77.5 Å². The SMILES string of the molecule is CC(C)(C)c1ccc2cnc3c(c2c1)C(C)(C)c1cccc2cccc-3c12. The van der Waals surface area contributed by atoms with E-state index >= 15 is 0 Å². The fourth-order valence-corrected chi connectivity index (χ4v) is 4.71. The summed E-state index contributed by atoms with van der Waals surface area (Å²) in [4.78, 5) is 4.96. The van der Waals surface area contributed by atoms with Crippen molar-refractivity contribution in [2.75, 3.05) is 0 Å². The summed E-state index contributed by atoms with van der Waals surface area (Å²) in [6.45, 7) is 11.5. The average molecular weight is 351 g/mol. The quantitative estimate of drug-likeness (QED) is 0.332. The highest BCUT2D eigenvalue weighted by Gasteiger charge is 2.35. The van der Waals surface area contributed by atoms with E-state index in [0.29, 0.717) is 0 Å². The van der Waals surface area contributed by atoms with Crippen LogP contribution in [0.4, 0.5) is 0 Å². The summed E-state index contributed by atoms with van der Waals surface area (Å²) in [6, 6.07) is 20.2. The van der Waals surface area contributed by atoms with Crippen molar-refractivity contribution >= 4 is 21.5 Å². The maximum Gasteiger partial charge on any atom is 0.0755 e. The zero-order chi connectivity index (χ0) is 19.0. The van der Waals surface area contributed by atoms with Gasteiger partial charge < -0.3 is 0 Å². The molecule has 0 saturated heterocycles. The van der Waals surface area contributed by atoms with Crippen molar-refractivity contribution in [1.29, 1.82) is 0 Å². The van der Waals surface area contributed by atoms with E-state index in [1.807, 2.05) is 6.20 Å². The standard InChI is InChI=1S/C26H25N/c1-25(2,3)18-13-12-17-15-27-24-19-10-6-8-16-9-7-11-21(22(16)19)26(4,5)23(24)20(17)14-18/h6-15H,1-5H3. The number of benzene rings is 3. The highest BCUT2D eigenvalue weighted by atomic mass is 14.7. The highest BCUT2D eigenvalue weighted by Crippen LogP contribution is 2.50. The molecule has 1 aromatic heterocycles. The molecular formula is C26H25N. The predicted molar refractivity (Wildman–Crippen MR) is 116 cm³/mol. The van der Waals surface area contributed by atoms with Gasteiger partial charge in [0.25, 0.3) is 0 Å².